The predicted molar refractivity (Wildman–Crippen MR) is 374 cm³/mol. The predicted octanol–water partition coefficient (Wildman–Crippen LogP) is 18.7. The fourth-order valence-electron chi connectivity index (χ4n) is 9.59. The Morgan fingerprint density at radius 3 is 1.58 bits per heavy atom. The quantitative estimate of drug-likeness (QED) is 0.122. The number of H-pyrrole nitrogens is 3. The van der Waals surface area contributed by atoms with E-state index in [2.05, 4.69) is 210 Å². The summed E-state index contributed by atoms with van der Waals surface area (Å²) in [6.45, 7) is 38.5. The van der Waals surface area contributed by atoms with E-state index in [0.717, 1.165) is 28.4 Å². The Hall–Kier alpha value is -8.04. The van der Waals surface area contributed by atoms with Crippen molar-refractivity contribution < 1.29 is 8.94 Å². The number of fused-ring (bicyclic) bond motifs is 5. The number of nitrogens with one attached hydrogen (secondary N) is 3. The molecule has 0 bridgehead atoms. The molecule has 11 heterocycles. The molecule has 12 aromatic rings. The zero-order chi connectivity index (χ0) is 66.7. The van der Waals surface area contributed by atoms with Gasteiger partial charge in [-0.1, -0.05) is 154 Å². The summed E-state index contributed by atoms with van der Waals surface area (Å²) in [4.78, 5) is 25.9. The van der Waals surface area contributed by atoms with Gasteiger partial charge in [0.2, 0.25) is 5.89 Å². The fourth-order valence-corrected chi connectivity index (χ4v) is 11.0. The second-order valence-electron chi connectivity index (χ2n) is 25.5. The average molecular weight is 1290 g/mol. The highest BCUT2D eigenvalue weighted by atomic mass is 32.1. The van der Waals surface area contributed by atoms with Crippen molar-refractivity contribution in [1.82, 2.24) is 84.9 Å². The van der Waals surface area contributed by atoms with Crippen LogP contribution in [0.4, 0.5) is 0 Å². The molecule has 0 spiro atoms. The molecule has 14 rings (SSSR count). The van der Waals surface area contributed by atoms with Gasteiger partial charge in [-0.3, -0.25) is 15.3 Å². The van der Waals surface area contributed by atoms with Crippen LogP contribution in [-0.2, 0) is 25.7 Å². The number of aromatic amines is 3. The van der Waals surface area contributed by atoms with Crippen molar-refractivity contribution in [3.05, 3.63) is 188 Å². The van der Waals surface area contributed by atoms with E-state index >= 15 is 0 Å². The number of aromatic nitrogens is 17. The average Bonchev–Trinajstić information content (AvgIpc) is 1.92. The summed E-state index contributed by atoms with van der Waals surface area (Å²) in [5.41, 5.74) is 13.7. The molecule has 2 aliphatic carbocycles. The summed E-state index contributed by atoms with van der Waals surface area (Å²) in [6, 6.07) is 18.2. The SMILES string of the molecule is CC(C)c1[nH]nc2ccccc12.CC(C)c1cc2ncccn2n1.CC(C)c1cccs1.CC(C)c1cocn1.CC(C)c1n[nH]c2c1CCCC2.CC(C)c1n[nH]c2c1CCCC2.CC(C)c1nc2ncccn2n1.CC(C)c1nccs1.CC(C)c1ncno1. The van der Waals surface area contributed by atoms with Crippen LogP contribution in [0.2, 0.25) is 0 Å². The minimum Gasteiger partial charge on any atom is -0.451 e. The molecule has 2 aliphatic rings. The van der Waals surface area contributed by atoms with E-state index < -0.39 is 0 Å². The molecule has 19 nitrogen and oxygen atoms in total. The Labute approximate surface area is 553 Å². The van der Waals surface area contributed by atoms with Crippen LogP contribution in [0.25, 0.3) is 22.3 Å². The molecule has 0 aliphatic heterocycles. The minimum atomic E-state index is 0.345. The number of thiazole rings is 1. The summed E-state index contributed by atoms with van der Waals surface area (Å²) < 4.78 is 13.0. The summed E-state index contributed by atoms with van der Waals surface area (Å²) in [5.74, 6) is 6.80. The first-order valence-corrected chi connectivity index (χ1v) is 34.5. The number of hydrogen-bond donors (Lipinski definition) is 3. The molecule has 0 fully saturated rings. The molecule has 0 saturated carbocycles. The molecule has 3 N–H and O–H groups in total. The number of rotatable bonds is 9. The second kappa shape index (κ2) is 37.5. The minimum absolute atomic E-state index is 0.345. The van der Waals surface area contributed by atoms with Crippen LogP contribution in [0.15, 0.2) is 124 Å². The number of oxazole rings is 1. The van der Waals surface area contributed by atoms with Gasteiger partial charge in [-0.05, 0) is 128 Å². The first kappa shape index (κ1) is 73.0. The van der Waals surface area contributed by atoms with E-state index in [-0.39, 0.29) is 0 Å². The van der Waals surface area contributed by atoms with E-state index in [1.807, 2.05) is 85.6 Å². The Morgan fingerprint density at radius 1 is 0.500 bits per heavy atom. The molecule has 0 radical (unpaired) electrons. The molecule has 1 aromatic carbocycles. The van der Waals surface area contributed by atoms with Crippen LogP contribution < -0.4 is 0 Å². The van der Waals surface area contributed by atoms with Crippen LogP contribution in [0.5, 0.6) is 0 Å². The maximum absolute atomic E-state index is 4.76. The molecule has 0 amide bonds. The van der Waals surface area contributed by atoms with Crippen molar-refractivity contribution >= 4 is 45.0 Å². The zero-order valence-corrected chi connectivity index (χ0v) is 59.3. The molecule has 494 valence electrons. The number of nitrogens with zero attached hydrogens (tertiary/aromatic N) is 14. The first-order valence-electron chi connectivity index (χ1n) is 32.7. The lowest BCUT2D eigenvalue weighted by Gasteiger charge is -2.12. The number of hydrogen-bond acceptors (Lipinski definition) is 16. The highest BCUT2D eigenvalue weighted by Crippen LogP contribution is 2.28. The summed E-state index contributed by atoms with van der Waals surface area (Å²) in [6.07, 6.45) is 23.8. The summed E-state index contributed by atoms with van der Waals surface area (Å²) in [5, 5.41) is 41.0. The van der Waals surface area contributed by atoms with Crippen molar-refractivity contribution in [2.75, 3.05) is 0 Å². The molecule has 0 saturated heterocycles. The van der Waals surface area contributed by atoms with Crippen LogP contribution >= 0.6 is 22.7 Å². The largest absolute Gasteiger partial charge is 0.451 e. The number of benzene rings is 1. The lowest BCUT2D eigenvalue weighted by Crippen LogP contribution is -2.03. The third kappa shape index (κ3) is 22.7. The smallest absolute Gasteiger partial charge is 0.252 e. The van der Waals surface area contributed by atoms with Gasteiger partial charge in [0, 0.05) is 87.5 Å². The molecule has 11 aromatic heterocycles. The van der Waals surface area contributed by atoms with Gasteiger partial charge in [0.1, 0.15) is 6.26 Å². The molecular formula is C71H101N17O2S2. The standard InChI is InChI=1S/2C10H16N2.C10H12N2.C9H11N3.C8H10N4.C7H10S.C6H9NO.C6H9NS.C5H8N2O/c3*1-7(2)10-8-5-3-4-6-9(8)11-12-10;1-7(2)8-6-9-10-4-3-5-12(9)11-8;1-6(2)7-10-8-9-4-3-5-12(8)11-7;1-6(2)7-4-3-5-8-7;1-5(2)6-3-8-4-7-6;1-5(2)6-7-3-4-8-6;1-4(2)5-6-3-7-8-5/h2*7H,3-6H2,1-2H3,(H,11,12);3-7H,1-2H3,(H,11,12);3-7H,1-2H3;3-6H,1-2H3;3-6H,1-2H3;2*3-5H,1-2H3;3-4H,1-2H3. The monoisotopic (exact) mass is 1290 g/mol. The van der Waals surface area contributed by atoms with Gasteiger partial charge in [0.05, 0.1) is 33.3 Å². The number of para-hydroxylation sites is 1. The number of thiophene rings is 1. The van der Waals surface area contributed by atoms with Crippen molar-refractivity contribution in [2.45, 2.75) is 229 Å². The van der Waals surface area contributed by atoms with Gasteiger partial charge in [0.25, 0.3) is 5.78 Å². The van der Waals surface area contributed by atoms with Crippen LogP contribution in [-0.4, -0.2) is 84.9 Å². The van der Waals surface area contributed by atoms with Crippen molar-refractivity contribution in [1.29, 1.82) is 0 Å². The van der Waals surface area contributed by atoms with E-state index in [1.54, 1.807) is 39.0 Å². The Kier molecular flexibility index (Phi) is 29.7. The van der Waals surface area contributed by atoms with Gasteiger partial charge in [0.15, 0.2) is 24.2 Å². The molecule has 0 unspecified atom stereocenters. The van der Waals surface area contributed by atoms with E-state index in [9.17, 15) is 0 Å². The van der Waals surface area contributed by atoms with Crippen LogP contribution in [0.1, 0.15) is 276 Å². The van der Waals surface area contributed by atoms with Crippen molar-refractivity contribution in [2.24, 2.45) is 0 Å². The van der Waals surface area contributed by atoms with Crippen LogP contribution in [0.3, 0.4) is 0 Å². The second-order valence-corrected chi connectivity index (χ2v) is 27.4. The van der Waals surface area contributed by atoms with E-state index in [1.165, 1.54) is 119 Å². The summed E-state index contributed by atoms with van der Waals surface area (Å²) >= 11 is 3.55. The van der Waals surface area contributed by atoms with E-state index in [0.29, 0.717) is 64.9 Å². The lowest BCUT2D eigenvalue weighted by atomic mass is 9.93. The van der Waals surface area contributed by atoms with Crippen molar-refractivity contribution in [3.8, 4) is 0 Å². The third-order valence-corrected chi connectivity index (χ3v) is 17.1. The zero-order valence-electron chi connectivity index (χ0n) is 57.7. The number of aryl methyl sites for hydroxylation is 2. The van der Waals surface area contributed by atoms with Crippen molar-refractivity contribution in [3.63, 3.8) is 0 Å². The fraction of sp³-hybridized carbons (Fsp3) is 0.493. The van der Waals surface area contributed by atoms with Gasteiger partial charge in [-0.2, -0.15) is 30.4 Å². The van der Waals surface area contributed by atoms with E-state index in [4.69, 9.17) is 8.94 Å². The maximum atomic E-state index is 4.76. The highest BCUT2D eigenvalue weighted by Gasteiger charge is 2.20. The van der Waals surface area contributed by atoms with Gasteiger partial charge in [-0.15, -0.1) is 27.8 Å². The first-order chi connectivity index (χ1) is 44.1. The summed E-state index contributed by atoms with van der Waals surface area (Å²) in [7, 11) is 0. The van der Waals surface area contributed by atoms with Gasteiger partial charge < -0.3 is 8.94 Å². The molecule has 21 heteroatoms. The highest BCUT2D eigenvalue weighted by molar-refractivity contribution is 7.10. The Morgan fingerprint density at radius 2 is 1.13 bits per heavy atom. The van der Waals surface area contributed by atoms with Crippen LogP contribution in [0, 0.1) is 0 Å². The lowest BCUT2D eigenvalue weighted by molar-refractivity contribution is 0.364. The topological polar surface area (TPSA) is 237 Å². The van der Waals surface area contributed by atoms with Gasteiger partial charge in [-0.25, -0.2) is 29.0 Å². The molecule has 92 heavy (non-hydrogen) atoms. The Balaban J connectivity index is 0.000000165. The Bertz CT molecular complexity index is 3500. The van der Waals surface area contributed by atoms with Gasteiger partial charge >= 0.3 is 0 Å². The molecular weight excluding hydrogens is 1190 g/mol. The maximum Gasteiger partial charge on any atom is 0.252 e. The third-order valence-electron chi connectivity index (χ3n) is 14.8. The molecule has 0 atom stereocenters. The normalized spacial score (nSPS) is 12.3.